The largest absolute Gasteiger partial charge is 0.288 e. The molecule has 0 aliphatic carbocycles. The highest BCUT2D eigenvalue weighted by Crippen LogP contribution is 2.46. The van der Waals surface area contributed by atoms with E-state index in [9.17, 15) is 4.79 Å². The zero-order chi connectivity index (χ0) is 28.7. The highest BCUT2D eigenvalue weighted by atomic mass is 32.2. The minimum atomic E-state index is 0.218. The number of ketones is 1. The highest BCUT2D eigenvalue weighted by molar-refractivity contribution is 8.05. The fourth-order valence-corrected chi connectivity index (χ4v) is 7.74. The lowest BCUT2D eigenvalue weighted by molar-refractivity contribution is 0.104. The number of unbranched alkanes of at least 4 members (excludes halogenated alkanes) is 7. The van der Waals surface area contributed by atoms with Gasteiger partial charge in [0.15, 0.2) is 0 Å². The third-order valence-electron chi connectivity index (χ3n) is 8.50. The Kier molecular flexibility index (Phi) is 14.6. The van der Waals surface area contributed by atoms with Crippen molar-refractivity contribution >= 4 is 23.6 Å². The predicted molar refractivity (Wildman–Crippen MR) is 178 cm³/mol. The molecule has 0 amide bonds. The van der Waals surface area contributed by atoms with Gasteiger partial charge in [-0.25, -0.2) is 0 Å². The molecule has 0 bridgehead atoms. The van der Waals surface area contributed by atoms with E-state index in [4.69, 9.17) is 0 Å². The highest BCUT2D eigenvalue weighted by Gasteiger charge is 2.30. The molecule has 0 saturated heterocycles. The van der Waals surface area contributed by atoms with Crippen molar-refractivity contribution in [3.8, 4) is 0 Å². The molecule has 1 aliphatic heterocycles. The maximum Gasteiger partial charge on any atom is 0.200 e. The Bertz CT molecular complexity index is 1070. The SMILES string of the molecule is CCCCCCCCCCC(CCC)c1cccc2c1SC(=Cc1cc(CCC)c(CCC)c(CCC)c1)C2=O. The summed E-state index contributed by atoms with van der Waals surface area (Å²) in [6.45, 7) is 11.4. The summed E-state index contributed by atoms with van der Waals surface area (Å²) in [6, 6.07) is 11.3. The quantitative estimate of drug-likeness (QED) is 0.125. The summed E-state index contributed by atoms with van der Waals surface area (Å²) in [7, 11) is 0. The lowest BCUT2D eigenvalue weighted by Crippen LogP contribution is -2.03. The number of benzene rings is 2. The molecule has 1 atom stereocenters. The van der Waals surface area contributed by atoms with Crippen LogP contribution in [-0.4, -0.2) is 5.78 Å². The number of thioether (sulfide) groups is 1. The standard InChI is InChI=1S/C38H56OS/c1-6-11-12-13-14-15-16-17-23-30(19-7-2)34-24-18-25-35-37(39)36(40-38(34)35)28-29-26-31(20-8-3)33(22-10-5)32(27-29)21-9-4/h18,24-28,30H,6-17,19-23H2,1-5H3. The Hall–Kier alpha value is -1.80. The van der Waals surface area contributed by atoms with Crippen molar-refractivity contribution in [1.29, 1.82) is 0 Å². The van der Waals surface area contributed by atoms with E-state index in [0.29, 0.717) is 5.92 Å². The molecule has 1 nitrogen and oxygen atoms in total. The number of carbonyl (C=O) groups excluding carboxylic acids is 1. The predicted octanol–water partition coefficient (Wildman–Crippen LogP) is 12.3. The van der Waals surface area contributed by atoms with Gasteiger partial charge in [0.2, 0.25) is 5.78 Å². The van der Waals surface area contributed by atoms with Crippen LogP contribution < -0.4 is 0 Å². The first-order valence-corrected chi connectivity index (χ1v) is 17.6. The van der Waals surface area contributed by atoms with Gasteiger partial charge in [0.05, 0.1) is 4.91 Å². The Balaban J connectivity index is 1.80. The zero-order valence-corrected chi connectivity index (χ0v) is 27.2. The molecule has 0 N–H and O–H groups in total. The normalized spacial score (nSPS) is 14.7. The van der Waals surface area contributed by atoms with E-state index >= 15 is 0 Å². The average Bonchev–Trinajstić information content (AvgIpc) is 3.26. The minimum Gasteiger partial charge on any atom is -0.288 e. The van der Waals surface area contributed by atoms with E-state index in [1.54, 1.807) is 17.3 Å². The number of rotatable bonds is 19. The third-order valence-corrected chi connectivity index (χ3v) is 9.69. The fourth-order valence-electron chi connectivity index (χ4n) is 6.50. The molecular weight excluding hydrogens is 504 g/mol. The molecule has 2 aromatic carbocycles. The lowest BCUT2D eigenvalue weighted by Gasteiger charge is -2.19. The minimum absolute atomic E-state index is 0.218. The van der Waals surface area contributed by atoms with Gasteiger partial charge in [-0.05, 0) is 78.0 Å². The van der Waals surface area contributed by atoms with E-state index in [2.05, 4.69) is 71.0 Å². The summed E-state index contributed by atoms with van der Waals surface area (Å²) in [5, 5.41) is 0. The molecule has 2 aromatic rings. The summed E-state index contributed by atoms with van der Waals surface area (Å²) in [6.07, 6.45) is 23.6. The number of fused-ring (bicyclic) bond motifs is 1. The van der Waals surface area contributed by atoms with Crippen LogP contribution in [-0.2, 0) is 19.3 Å². The second-order valence-electron chi connectivity index (χ2n) is 12.0. The summed E-state index contributed by atoms with van der Waals surface area (Å²) < 4.78 is 0. The van der Waals surface area contributed by atoms with Gasteiger partial charge < -0.3 is 0 Å². The fraction of sp³-hybridized carbons (Fsp3) is 0.605. The molecule has 40 heavy (non-hydrogen) atoms. The van der Waals surface area contributed by atoms with Crippen molar-refractivity contribution in [2.45, 2.75) is 155 Å². The molecule has 1 aliphatic rings. The summed E-state index contributed by atoms with van der Waals surface area (Å²) in [5.41, 5.74) is 8.10. The van der Waals surface area contributed by atoms with E-state index < -0.39 is 0 Å². The number of carbonyl (C=O) groups is 1. The molecule has 0 spiro atoms. The average molecular weight is 561 g/mol. The first-order valence-electron chi connectivity index (χ1n) is 16.8. The van der Waals surface area contributed by atoms with Gasteiger partial charge in [0.25, 0.3) is 0 Å². The Morgan fingerprint density at radius 2 is 1.32 bits per heavy atom. The Labute approximate surface area is 251 Å². The van der Waals surface area contributed by atoms with Crippen LogP contribution in [0.15, 0.2) is 40.1 Å². The van der Waals surface area contributed by atoms with Gasteiger partial charge in [-0.2, -0.15) is 0 Å². The smallest absolute Gasteiger partial charge is 0.200 e. The van der Waals surface area contributed by atoms with Crippen LogP contribution in [0.4, 0.5) is 0 Å². The third kappa shape index (κ3) is 9.10. The molecule has 0 fully saturated rings. The van der Waals surface area contributed by atoms with Crippen LogP contribution in [0.1, 0.15) is 169 Å². The van der Waals surface area contributed by atoms with Gasteiger partial charge in [-0.3, -0.25) is 4.79 Å². The van der Waals surface area contributed by atoms with E-state index in [0.717, 1.165) is 42.6 Å². The van der Waals surface area contributed by atoms with Crippen molar-refractivity contribution in [2.24, 2.45) is 0 Å². The number of hydrogen-bond donors (Lipinski definition) is 0. The molecule has 0 saturated carbocycles. The van der Waals surface area contributed by atoms with Crippen LogP contribution >= 0.6 is 11.8 Å². The van der Waals surface area contributed by atoms with Crippen molar-refractivity contribution in [3.63, 3.8) is 0 Å². The molecule has 2 heteroatoms. The van der Waals surface area contributed by atoms with Gasteiger partial charge in [-0.15, -0.1) is 0 Å². The number of Topliss-reactive ketones (excluding diaryl/α,β-unsaturated/α-hetero) is 1. The second kappa shape index (κ2) is 17.9. The first kappa shape index (κ1) is 32.7. The zero-order valence-electron chi connectivity index (χ0n) is 26.4. The van der Waals surface area contributed by atoms with Crippen LogP contribution in [0.2, 0.25) is 0 Å². The number of aryl methyl sites for hydroxylation is 2. The summed E-state index contributed by atoms with van der Waals surface area (Å²) in [4.78, 5) is 15.8. The van der Waals surface area contributed by atoms with Gasteiger partial charge in [-0.1, -0.05) is 148 Å². The van der Waals surface area contributed by atoms with Crippen LogP contribution in [0.25, 0.3) is 6.08 Å². The van der Waals surface area contributed by atoms with Gasteiger partial charge in [0, 0.05) is 10.5 Å². The topological polar surface area (TPSA) is 17.1 Å². The monoisotopic (exact) mass is 560 g/mol. The first-order chi connectivity index (χ1) is 19.6. The number of hydrogen-bond acceptors (Lipinski definition) is 2. The molecule has 1 heterocycles. The van der Waals surface area contributed by atoms with Crippen LogP contribution in [0, 0.1) is 0 Å². The van der Waals surface area contributed by atoms with E-state index in [-0.39, 0.29) is 5.78 Å². The molecule has 3 rings (SSSR count). The van der Waals surface area contributed by atoms with Gasteiger partial charge >= 0.3 is 0 Å². The maximum absolute atomic E-state index is 13.6. The van der Waals surface area contributed by atoms with Crippen molar-refractivity contribution in [2.75, 3.05) is 0 Å². The van der Waals surface area contributed by atoms with E-state index in [1.807, 2.05) is 0 Å². The molecule has 220 valence electrons. The van der Waals surface area contributed by atoms with Crippen molar-refractivity contribution < 1.29 is 4.79 Å². The lowest BCUT2D eigenvalue weighted by atomic mass is 9.87. The molecular formula is C38H56OS. The summed E-state index contributed by atoms with van der Waals surface area (Å²) >= 11 is 1.74. The number of allylic oxidation sites excluding steroid dienone is 1. The molecule has 0 aromatic heterocycles. The summed E-state index contributed by atoms with van der Waals surface area (Å²) in [5.74, 6) is 0.774. The van der Waals surface area contributed by atoms with Crippen molar-refractivity contribution in [3.05, 3.63) is 68.6 Å². The van der Waals surface area contributed by atoms with E-state index in [1.165, 1.54) is 104 Å². The Morgan fingerprint density at radius 3 is 1.93 bits per heavy atom. The van der Waals surface area contributed by atoms with Gasteiger partial charge in [0.1, 0.15) is 0 Å². The Morgan fingerprint density at radius 1 is 0.700 bits per heavy atom. The van der Waals surface area contributed by atoms with Crippen LogP contribution in [0.5, 0.6) is 0 Å². The molecule has 1 unspecified atom stereocenters. The maximum atomic E-state index is 13.6. The molecule has 0 radical (unpaired) electrons. The second-order valence-corrected chi connectivity index (χ2v) is 13.0. The van der Waals surface area contributed by atoms with Crippen molar-refractivity contribution in [1.82, 2.24) is 0 Å². The van der Waals surface area contributed by atoms with Crippen LogP contribution in [0.3, 0.4) is 0 Å².